The van der Waals surface area contributed by atoms with E-state index in [4.69, 9.17) is 11.6 Å². The Labute approximate surface area is 172 Å². The molecule has 3 aromatic rings. The minimum Gasteiger partial charge on any atom is -0.453 e. The van der Waals surface area contributed by atoms with E-state index in [0.29, 0.717) is 16.3 Å². The highest BCUT2D eigenvalue weighted by Gasteiger charge is 2.18. The highest BCUT2D eigenvalue weighted by Crippen LogP contribution is 2.25. The Balaban J connectivity index is 1.88. The first-order valence-corrected chi connectivity index (χ1v) is 9.08. The first kappa shape index (κ1) is 20.4. The molecule has 0 fully saturated rings. The van der Waals surface area contributed by atoms with Crippen LogP contribution < -0.4 is 10.6 Å². The van der Waals surface area contributed by atoms with Gasteiger partial charge in [0.05, 0.1) is 18.4 Å². The van der Waals surface area contributed by atoms with Crippen LogP contribution in [-0.4, -0.2) is 23.7 Å². The van der Waals surface area contributed by atoms with Crippen LogP contribution in [0.2, 0.25) is 5.02 Å². The molecule has 2 amide bonds. The third kappa shape index (κ3) is 4.41. The summed E-state index contributed by atoms with van der Waals surface area (Å²) in [6.07, 6.45) is -0.808. The molecule has 1 heterocycles. The average Bonchev–Trinajstić information content (AvgIpc) is 2.98. The fraction of sp³-hybridized carbons (Fsp3) is 0.143. The summed E-state index contributed by atoms with van der Waals surface area (Å²) in [4.78, 5) is 24.1. The number of nitrogens with zero attached hydrogens (tertiary/aromatic N) is 1. The molecule has 0 bridgehead atoms. The normalized spacial score (nSPS) is 10.5. The van der Waals surface area contributed by atoms with Crippen LogP contribution in [-0.2, 0) is 4.74 Å². The van der Waals surface area contributed by atoms with Gasteiger partial charge in [-0.1, -0.05) is 17.7 Å². The van der Waals surface area contributed by atoms with Crippen LogP contribution in [0.15, 0.2) is 48.5 Å². The average molecular weight is 416 g/mol. The number of carbonyl (C=O) groups excluding carboxylic acids is 2. The number of nitrogens with one attached hydrogen (secondary N) is 2. The van der Waals surface area contributed by atoms with Crippen LogP contribution in [0.3, 0.4) is 0 Å². The summed E-state index contributed by atoms with van der Waals surface area (Å²) in [6.45, 7) is 3.72. The fourth-order valence-electron chi connectivity index (χ4n) is 3.06. The fourth-order valence-corrected chi connectivity index (χ4v) is 3.25. The van der Waals surface area contributed by atoms with Crippen LogP contribution in [0, 0.1) is 19.7 Å². The van der Waals surface area contributed by atoms with E-state index in [2.05, 4.69) is 15.4 Å². The van der Waals surface area contributed by atoms with Gasteiger partial charge in [0.25, 0.3) is 5.91 Å². The van der Waals surface area contributed by atoms with Gasteiger partial charge in [0.15, 0.2) is 0 Å². The van der Waals surface area contributed by atoms with Crippen molar-refractivity contribution in [3.8, 4) is 5.69 Å². The molecule has 0 aliphatic rings. The zero-order valence-electron chi connectivity index (χ0n) is 16.0. The number of amides is 2. The number of hydrogen-bond donors (Lipinski definition) is 2. The summed E-state index contributed by atoms with van der Waals surface area (Å²) in [5.74, 6) is -1.01. The van der Waals surface area contributed by atoms with Crippen molar-refractivity contribution in [2.75, 3.05) is 17.7 Å². The van der Waals surface area contributed by atoms with Crippen molar-refractivity contribution >= 4 is 35.0 Å². The summed E-state index contributed by atoms with van der Waals surface area (Å²) in [6, 6.07) is 13.0. The van der Waals surface area contributed by atoms with Crippen LogP contribution in [0.25, 0.3) is 5.69 Å². The summed E-state index contributed by atoms with van der Waals surface area (Å²) in [7, 11) is 1.18. The molecule has 2 aromatic carbocycles. The second-order valence-corrected chi connectivity index (χ2v) is 6.80. The molecule has 0 radical (unpaired) electrons. The molecule has 150 valence electrons. The number of rotatable bonds is 4. The van der Waals surface area contributed by atoms with Gasteiger partial charge in [0.2, 0.25) is 0 Å². The van der Waals surface area contributed by atoms with E-state index in [1.54, 1.807) is 12.1 Å². The molecule has 0 saturated carbocycles. The van der Waals surface area contributed by atoms with Gasteiger partial charge in [-0.05, 0) is 56.3 Å². The largest absolute Gasteiger partial charge is 0.453 e. The van der Waals surface area contributed by atoms with Crippen LogP contribution in [0.1, 0.15) is 21.7 Å². The molecular formula is C21H19ClFN3O3. The third-order valence-electron chi connectivity index (χ3n) is 4.39. The maximum Gasteiger partial charge on any atom is 0.411 e. The number of halogens is 2. The first-order valence-electron chi connectivity index (χ1n) is 8.71. The second-order valence-electron chi connectivity index (χ2n) is 6.37. The van der Waals surface area contributed by atoms with E-state index in [9.17, 15) is 14.0 Å². The highest BCUT2D eigenvalue weighted by atomic mass is 35.5. The van der Waals surface area contributed by atoms with E-state index in [1.807, 2.05) is 36.6 Å². The maximum atomic E-state index is 13.9. The Morgan fingerprint density at radius 2 is 1.83 bits per heavy atom. The summed E-state index contributed by atoms with van der Waals surface area (Å²) in [5.41, 5.74) is 3.14. The van der Waals surface area contributed by atoms with Crippen molar-refractivity contribution in [3.63, 3.8) is 0 Å². The molecular weight excluding hydrogens is 397 g/mol. The van der Waals surface area contributed by atoms with Crippen molar-refractivity contribution in [3.05, 3.63) is 76.3 Å². The predicted molar refractivity (Wildman–Crippen MR) is 111 cm³/mol. The van der Waals surface area contributed by atoms with Gasteiger partial charge in [-0.2, -0.15) is 0 Å². The molecule has 2 N–H and O–H groups in total. The summed E-state index contributed by atoms with van der Waals surface area (Å²) >= 11 is 6.09. The van der Waals surface area contributed by atoms with Gasteiger partial charge in [-0.15, -0.1) is 0 Å². The molecule has 0 spiro atoms. The Kier molecular flexibility index (Phi) is 5.89. The molecule has 0 aliphatic heterocycles. The maximum absolute atomic E-state index is 13.9. The first-order chi connectivity index (χ1) is 13.8. The lowest BCUT2D eigenvalue weighted by Gasteiger charge is -2.11. The molecule has 29 heavy (non-hydrogen) atoms. The number of aryl methyl sites for hydroxylation is 1. The number of hydrogen-bond acceptors (Lipinski definition) is 3. The monoisotopic (exact) mass is 415 g/mol. The summed E-state index contributed by atoms with van der Waals surface area (Å²) < 4.78 is 20.3. The van der Waals surface area contributed by atoms with Gasteiger partial charge in [0, 0.05) is 27.8 Å². The van der Waals surface area contributed by atoms with Crippen molar-refractivity contribution in [1.82, 2.24) is 4.57 Å². The van der Waals surface area contributed by atoms with E-state index in [-0.39, 0.29) is 11.6 Å². The number of benzene rings is 2. The number of anilines is 2. The number of aromatic nitrogens is 1. The van der Waals surface area contributed by atoms with E-state index in [0.717, 1.165) is 23.1 Å². The minimum atomic E-state index is -0.808. The van der Waals surface area contributed by atoms with E-state index < -0.39 is 11.9 Å². The quantitative estimate of drug-likeness (QED) is 0.606. The SMILES string of the molecule is COC(=O)Nc1cc(NC(=O)c2cc(C)n(-c3cccc(Cl)c3)c2C)ccc1F. The smallest absolute Gasteiger partial charge is 0.411 e. The van der Waals surface area contributed by atoms with Crippen LogP contribution in [0.4, 0.5) is 20.6 Å². The van der Waals surface area contributed by atoms with Gasteiger partial charge in [-0.3, -0.25) is 10.1 Å². The van der Waals surface area contributed by atoms with Gasteiger partial charge in [0.1, 0.15) is 5.82 Å². The van der Waals surface area contributed by atoms with Crippen molar-refractivity contribution in [2.24, 2.45) is 0 Å². The zero-order chi connectivity index (χ0) is 21.1. The Hall–Kier alpha value is -3.32. The van der Waals surface area contributed by atoms with Crippen molar-refractivity contribution in [1.29, 1.82) is 0 Å². The zero-order valence-corrected chi connectivity index (χ0v) is 16.8. The van der Waals surface area contributed by atoms with E-state index in [1.165, 1.54) is 19.2 Å². The molecule has 0 unspecified atom stereocenters. The molecule has 6 nitrogen and oxygen atoms in total. The van der Waals surface area contributed by atoms with Gasteiger partial charge in [-0.25, -0.2) is 9.18 Å². The number of methoxy groups -OCH3 is 1. The number of ether oxygens (including phenoxy) is 1. The lowest BCUT2D eigenvalue weighted by Crippen LogP contribution is -2.15. The van der Waals surface area contributed by atoms with Crippen molar-refractivity contribution < 1.29 is 18.7 Å². The Bertz CT molecular complexity index is 1090. The van der Waals surface area contributed by atoms with Crippen LogP contribution in [0.5, 0.6) is 0 Å². The lowest BCUT2D eigenvalue weighted by atomic mass is 10.2. The third-order valence-corrected chi connectivity index (χ3v) is 4.62. The minimum absolute atomic E-state index is 0.0981. The Morgan fingerprint density at radius 3 is 2.52 bits per heavy atom. The second kappa shape index (κ2) is 8.36. The van der Waals surface area contributed by atoms with Gasteiger partial charge >= 0.3 is 6.09 Å². The molecule has 0 atom stereocenters. The Morgan fingerprint density at radius 1 is 1.07 bits per heavy atom. The van der Waals surface area contributed by atoms with Crippen molar-refractivity contribution in [2.45, 2.75) is 13.8 Å². The lowest BCUT2D eigenvalue weighted by molar-refractivity contribution is 0.102. The predicted octanol–water partition coefficient (Wildman–Crippen LogP) is 5.32. The number of carbonyl (C=O) groups is 2. The molecule has 8 heteroatoms. The van der Waals surface area contributed by atoms with Crippen LogP contribution >= 0.6 is 11.6 Å². The topological polar surface area (TPSA) is 72.4 Å². The standard InChI is InChI=1S/C21H19ClFN3O3/c1-12-9-17(13(2)26(12)16-6-4-5-14(22)10-16)20(27)24-15-7-8-18(23)19(11-15)25-21(28)29-3/h4-11H,1-3H3,(H,24,27)(H,25,28). The molecule has 0 aliphatic carbocycles. The molecule has 3 rings (SSSR count). The molecule has 0 saturated heterocycles. The highest BCUT2D eigenvalue weighted by molar-refractivity contribution is 6.30. The summed E-state index contributed by atoms with van der Waals surface area (Å²) in [5, 5.41) is 5.58. The molecule has 1 aromatic heterocycles. The van der Waals surface area contributed by atoms with E-state index >= 15 is 0 Å². The van der Waals surface area contributed by atoms with Gasteiger partial charge < -0.3 is 14.6 Å².